The first-order valence-electron chi connectivity index (χ1n) is 3.60. The van der Waals surface area contributed by atoms with Crippen LogP contribution in [0.5, 0.6) is 0 Å². The Bertz CT molecular complexity index is 483. The molecule has 0 spiro atoms. The van der Waals surface area contributed by atoms with Gasteiger partial charge in [0.2, 0.25) is 0 Å². The molecular weight excluding hydrogens is 254 g/mol. The van der Waals surface area contributed by atoms with Gasteiger partial charge in [-0.2, -0.15) is 0 Å². The van der Waals surface area contributed by atoms with Gasteiger partial charge in [0.15, 0.2) is 0 Å². The van der Waals surface area contributed by atoms with Crippen molar-refractivity contribution in [2.24, 2.45) is 0 Å². The van der Waals surface area contributed by atoms with Crippen molar-refractivity contribution in [1.82, 2.24) is 0 Å². The van der Waals surface area contributed by atoms with Crippen LogP contribution in [0.4, 0.5) is 0 Å². The van der Waals surface area contributed by atoms with Gasteiger partial charge in [-0.15, -0.1) is 0 Å². The monoisotopic (exact) mass is 260 g/mol. The van der Waals surface area contributed by atoms with E-state index in [2.05, 4.69) is 0 Å². The van der Waals surface area contributed by atoms with Gasteiger partial charge in [0.25, 0.3) is 0 Å². The number of carboxylic acids is 1. The Balaban J connectivity index is 0. The number of hydrogen-bond donors (Lipinski definition) is 0. The zero-order chi connectivity index (χ0) is 10.9. The summed E-state index contributed by atoms with van der Waals surface area (Å²) in [4.78, 5) is 9.93. The molecule has 1 aromatic carbocycles. The molecule has 0 bridgehead atoms. The van der Waals surface area contributed by atoms with Crippen LogP contribution in [-0.4, -0.2) is 18.9 Å². The van der Waals surface area contributed by atoms with Crippen molar-refractivity contribution in [1.29, 1.82) is 0 Å². The Morgan fingerprint density at radius 1 is 1.25 bits per heavy atom. The van der Waals surface area contributed by atoms with E-state index in [-0.39, 0.29) is 64.7 Å². The maximum atomic E-state index is 10.6. The average molecular weight is 260 g/mol. The van der Waals surface area contributed by atoms with Crippen molar-refractivity contribution in [3.05, 3.63) is 29.3 Å². The fourth-order valence-corrected chi connectivity index (χ4v) is 1.47. The molecule has 1 rings (SSSR count). The molecule has 0 radical (unpaired) electrons. The number of carboxylic acid groups (broad SMARTS) is 1. The Morgan fingerprint density at radius 2 is 1.75 bits per heavy atom. The van der Waals surface area contributed by atoms with Crippen molar-refractivity contribution < 1.29 is 82.0 Å². The minimum absolute atomic E-state index is 0. The average Bonchev–Trinajstić information content (AvgIpc) is 2.02. The van der Waals surface area contributed by atoms with Gasteiger partial charge < -0.3 is 14.5 Å². The molecule has 0 aliphatic rings. The predicted octanol–water partition coefficient (Wildman–Crippen LogP) is -6.73. The van der Waals surface area contributed by atoms with Gasteiger partial charge in [-0.1, -0.05) is 6.07 Å². The van der Waals surface area contributed by atoms with Gasteiger partial charge in [0.1, 0.15) is 10.1 Å². The van der Waals surface area contributed by atoms with Gasteiger partial charge in [-0.25, -0.2) is 8.42 Å². The van der Waals surface area contributed by atoms with Crippen molar-refractivity contribution in [2.75, 3.05) is 0 Å². The van der Waals surface area contributed by atoms with E-state index in [0.29, 0.717) is 5.56 Å². The molecule has 0 N–H and O–H groups in total. The Kier molecular flexibility index (Phi) is 8.44. The Labute approximate surface area is 138 Å². The number of hydrogen-bond acceptors (Lipinski definition) is 5. The van der Waals surface area contributed by atoms with Crippen LogP contribution >= 0.6 is 0 Å². The van der Waals surface area contributed by atoms with Crippen LogP contribution in [0.2, 0.25) is 0 Å². The molecule has 0 aliphatic heterocycles. The van der Waals surface area contributed by atoms with Gasteiger partial charge in [-0.3, -0.25) is 0 Å². The summed E-state index contributed by atoms with van der Waals surface area (Å²) in [6, 6.07) is 3.10. The normalized spacial score (nSPS) is 9.88. The van der Waals surface area contributed by atoms with Gasteiger partial charge in [0.05, 0.1) is 10.9 Å². The molecule has 1 aromatic rings. The van der Waals surface area contributed by atoms with E-state index in [9.17, 15) is 22.9 Å². The molecule has 0 heterocycles. The van der Waals surface area contributed by atoms with Gasteiger partial charge in [0, 0.05) is 5.56 Å². The molecular formula is C8H6Na2O5S. The second-order valence-corrected chi connectivity index (χ2v) is 4.10. The molecule has 0 aromatic heterocycles. The number of aromatic carboxylic acids is 1. The zero-order valence-corrected chi connectivity index (χ0v) is 14.0. The minimum atomic E-state index is -4.62. The number of aryl methyl sites for hydroxylation is 1. The minimum Gasteiger partial charge on any atom is -0.744 e. The summed E-state index contributed by atoms with van der Waals surface area (Å²) >= 11 is 0. The van der Waals surface area contributed by atoms with E-state index in [4.69, 9.17) is 0 Å². The topological polar surface area (TPSA) is 97.3 Å². The van der Waals surface area contributed by atoms with E-state index in [1.807, 2.05) is 0 Å². The molecule has 0 amide bonds. The second kappa shape index (κ2) is 7.13. The Hall–Kier alpha value is 0.600. The first-order chi connectivity index (χ1) is 6.32. The van der Waals surface area contributed by atoms with Crippen LogP contribution in [0.15, 0.2) is 23.1 Å². The van der Waals surface area contributed by atoms with Crippen LogP contribution in [0.25, 0.3) is 0 Å². The van der Waals surface area contributed by atoms with Crippen molar-refractivity contribution >= 4 is 16.1 Å². The molecule has 16 heavy (non-hydrogen) atoms. The van der Waals surface area contributed by atoms with Crippen molar-refractivity contribution in [3.8, 4) is 0 Å². The molecule has 0 aliphatic carbocycles. The molecule has 0 saturated heterocycles. The molecule has 0 fully saturated rings. The fourth-order valence-electron chi connectivity index (χ4n) is 0.977. The molecule has 0 atom stereocenters. The van der Waals surface area contributed by atoms with Crippen molar-refractivity contribution in [3.63, 3.8) is 0 Å². The maximum absolute atomic E-state index is 10.6. The maximum Gasteiger partial charge on any atom is 1.00 e. The summed E-state index contributed by atoms with van der Waals surface area (Å²) in [5.74, 6) is -1.51. The standard InChI is InChI=1S/C8H8O5S.2Na/c1-5-2-3-6(14(11,12)13)4-7(5)8(9)10;;/h2-4H,1H3,(H,9,10)(H,11,12,13);;/q;2*+1/p-2. The smallest absolute Gasteiger partial charge is 0.744 e. The quantitative estimate of drug-likeness (QED) is 0.389. The third-order valence-corrected chi connectivity index (χ3v) is 2.55. The van der Waals surface area contributed by atoms with Crippen LogP contribution in [-0.2, 0) is 10.1 Å². The zero-order valence-electron chi connectivity index (χ0n) is 9.18. The summed E-state index contributed by atoms with van der Waals surface area (Å²) in [5, 5.41) is 10.5. The number of carbonyl (C=O) groups excluding carboxylic acids is 1. The van der Waals surface area contributed by atoms with Gasteiger partial charge in [-0.05, 0) is 24.6 Å². The van der Waals surface area contributed by atoms with E-state index < -0.39 is 21.0 Å². The molecule has 5 nitrogen and oxygen atoms in total. The first kappa shape index (κ1) is 19.0. The fraction of sp³-hybridized carbons (Fsp3) is 0.125. The van der Waals surface area contributed by atoms with Gasteiger partial charge >= 0.3 is 59.1 Å². The first-order valence-corrected chi connectivity index (χ1v) is 5.01. The summed E-state index contributed by atoms with van der Waals surface area (Å²) < 4.78 is 31.7. The number of benzene rings is 1. The van der Waals surface area contributed by atoms with Crippen LogP contribution in [0.1, 0.15) is 15.9 Å². The third-order valence-electron chi connectivity index (χ3n) is 1.72. The van der Waals surface area contributed by atoms with E-state index in [1.54, 1.807) is 0 Å². The van der Waals surface area contributed by atoms with E-state index in [0.717, 1.165) is 12.1 Å². The van der Waals surface area contributed by atoms with Crippen LogP contribution in [0.3, 0.4) is 0 Å². The summed E-state index contributed by atoms with van der Waals surface area (Å²) in [5.41, 5.74) is 0.0549. The van der Waals surface area contributed by atoms with Crippen LogP contribution in [0, 0.1) is 6.92 Å². The molecule has 0 saturated carbocycles. The van der Waals surface area contributed by atoms with E-state index >= 15 is 0 Å². The van der Waals surface area contributed by atoms with E-state index in [1.165, 1.54) is 13.0 Å². The SMILES string of the molecule is Cc1ccc(S(=O)(=O)[O-])cc1C(=O)[O-].[Na+].[Na+]. The summed E-state index contributed by atoms with van der Waals surface area (Å²) in [6.07, 6.45) is 0. The summed E-state index contributed by atoms with van der Waals surface area (Å²) in [7, 11) is -4.62. The molecule has 0 unspecified atom stereocenters. The summed E-state index contributed by atoms with van der Waals surface area (Å²) in [6.45, 7) is 1.48. The third kappa shape index (κ3) is 4.85. The number of rotatable bonds is 2. The Morgan fingerprint density at radius 3 is 2.12 bits per heavy atom. The largest absolute Gasteiger partial charge is 1.00 e. The van der Waals surface area contributed by atoms with Crippen LogP contribution < -0.4 is 64.2 Å². The molecule has 76 valence electrons. The molecule has 8 heteroatoms. The predicted molar refractivity (Wildman–Crippen MR) is 43.5 cm³/mol. The number of carbonyl (C=O) groups is 1. The van der Waals surface area contributed by atoms with Crippen molar-refractivity contribution in [2.45, 2.75) is 11.8 Å². The second-order valence-electron chi connectivity index (χ2n) is 2.72.